The van der Waals surface area contributed by atoms with Crippen LogP contribution in [-0.2, 0) is 31.4 Å². The van der Waals surface area contributed by atoms with Crippen LogP contribution >= 0.6 is 7.60 Å². The highest BCUT2D eigenvalue weighted by Crippen LogP contribution is 2.68. The Labute approximate surface area is 258 Å². The van der Waals surface area contributed by atoms with E-state index >= 15 is 0 Å². The predicted octanol–water partition coefficient (Wildman–Crippen LogP) is 6.98. The van der Waals surface area contributed by atoms with Gasteiger partial charge in [0, 0.05) is 19.2 Å². The molecule has 4 aliphatic rings. The van der Waals surface area contributed by atoms with Gasteiger partial charge in [-0.15, -0.1) is 5.10 Å². The van der Waals surface area contributed by atoms with Crippen molar-refractivity contribution in [3.8, 4) is 0 Å². The minimum absolute atomic E-state index is 0.0482. The van der Waals surface area contributed by atoms with Crippen LogP contribution in [0.15, 0.2) is 6.20 Å². The van der Waals surface area contributed by atoms with E-state index in [9.17, 15) is 19.6 Å². The van der Waals surface area contributed by atoms with E-state index in [1.807, 2.05) is 0 Å². The van der Waals surface area contributed by atoms with Crippen molar-refractivity contribution in [1.82, 2.24) is 15.0 Å². The number of aliphatic carboxylic acids is 1. The number of nitrogens with zero attached hydrogens (tertiary/aromatic N) is 3. The van der Waals surface area contributed by atoms with Gasteiger partial charge in [-0.25, -0.2) is 0 Å². The molecule has 1 heterocycles. The third kappa shape index (κ3) is 6.39. The van der Waals surface area contributed by atoms with E-state index in [1.165, 1.54) is 44.9 Å². The van der Waals surface area contributed by atoms with Crippen LogP contribution in [0.3, 0.4) is 0 Å². The number of aliphatic hydroxyl groups is 1. The number of hydrogen-bond donors (Lipinski definition) is 2. The van der Waals surface area contributed by atoms with Gasteiger partial charge in [0.05, 0.1) is 25.0 Å². The summed E-state index contributed by atoms with van der Waals surface area (Å²) in [6, 6.07) is 0. The van der Waals surface area contributed by atoms with Gasteiger partial charge in [0.15, 0.2) is 5.66 Å². The third-order valence-corrected chi connectivity index (χ3v) is 15.1. The third-order valence-electron chi connectivity index (χ3n) is 12.7. The smallest absolute Gasteiger partial charge is 0.345 e. The number of hydrogen-bond acceptors (Lipinski definition) is 7. The lowest BCUT2D eigenvalue weighted by atomic mass is 9.44. The largest absolute Gasteiger partial charge is 0.481 e. The summed E-state index contributed by atoms with van der Waals surface area (Å²) in [5, 5.41) is 28.6. The maximum atomic E-state index is 13.1. The molecule has 0 bridgehead atoms. The van der Waals surface area contributed by atoms with Gasteiger partial charge in [-0.3, -0.25) is 14.0 Å². The number of carboxylic acid groups (broad SMARTS) is 1. The van der Waals surface area contributed by atoms with Crippen molar-refractivity contribution in [3.05, 3.63) is 11.9 Å². The molecule has 4 unspecified atom stereocenters. The quantitative estimate of drug-likeness (QED) is 0.226. The average molecular weight is 622 g/mol. The highest BCUT2D eigenvalue weighted by molar-refractivity contribution is 7.55. The molecule has 0 spiro atoms. The summed E-state index contributed by atoms with van der Waals surface area (Å²) in [5.41, 5.74) is 0.0290. The van der Waals surface area contributed by atoms with E-state index in [0.29, 0.717) is 28.4 Å². The van der Waals surface area contributed by atoms with Gasteiger partial charge >= 0.3 is 13.6 Å². The summed E-state index contributed by atoms with van der Waals surface area (Å²) >= 11 is 0. The van der Waals surface area contributed by atoms with Gasteiger partial charge in [-0.05, 0) is 131 Å². The molecule has 10 atom stereocenters. The molecule has 1 aromatic rings. The van der Waals surface area contributed by atoms with E-state index in [1.54, 1.807) is 24.7 Å². The highest BCUT2D eigenvalue weighted by atomic mass is 31.2. The zero-order chi connectivity index (χ0) is 31.0. The standard InChI is InChI=1S/C33H56N3O6P/c1-6-41-43(40,42-7-2)30(31(38)39)20-24-21-36(35-34-24)18-8-9-22(3)27-12-13-28-26-11-10-23-19-25(37)14-16-32(23,4)29(26)15-17-33(27,28)5/h21-23,25-30,37H,6-20H2,1-5H3,(H,38,39)/t22?,23-,25-,26?,27?,28+,29-,30?,32+,33-/m1/s1. The minimum Gasteiger partial charge on any atom is -0.481 e. The van der Waals surface area contributed by atoms with Crippen LogP contribution in [0.4, 0.5) is 0 Å². The Hall–Kier alpha value is -1.28. The Morgan fingerprint density at radius 3 is 2.47 bits per heavy atom. The normalized spacial score (nSPS) is 37.3. The van der Waals surface area contributed by atoms with Gasteiger partial charge in [0.25, 0.3) is 0 Å². The van der Waals surface area contributed by atoms with Gasteiger partial charge in [0.1, 0.15) is 0 Å². The molecule has 2 N–H and O–H groups in total. The molecule has 0 amide bonds. The van der Waals surface area contributed by atoms with Crippen molar-refractivity contribution in [2.24, 2.45) is 46.3 Å². The van der Waals surface area contributed by atoms with Crippen LogP contribution < -0.4 is 0 Å². The second kappa shape index (κ2) is 13.2. The van der Waals surface area contributed by atoms with Crippen molar-refractivity contribution in [1.29, 1.82) is 0 Å². The van der Waals surface area contributed by atoms with Crippen molar-refractivity contribution < 1.29 is 28.6 Å². The van der Waals surface area contributed by atoms with Crippen LogP contribution in [0.1, 0.15) is 111 Å². The topological polar surface area (TPSA) is 124 Å². The lowest BCUT2D eigenvalue weighted by Crippen LogP contribution is -2.54. The number of aromatic nitrogens is 3. The van der Waals surface area contributed by atoms with Gasteiger partial charge in [0.2, 0.25) is 0 Å². The predicted molar refractivity (Wildman–Crippen MR) is 166 cm³/mol. The van der Waals surface area contributed by atoms with E-state index in [-0.39, 0.29) is 25.7 Å². The summed E-state index contributed by atoms with van der Waals surface area (Å²) in [7, 11) is -3.82. The molecule has 0 radical (unpaired) electrons. The average Bonchev–Trinajstić information content (AvgIpc) is 3.55. The first-order valence-electron chi connectivity index (χ1n) is 17.1. The highest BCUT2D eigenvalue weighted by Gasteiger charge is 2.60. The minimum atomic E-state index is -3.82. The second-order valence-electron chi connectivity index (χ2n) is 14.8. The fraction of sp³-hybridized carbons (Fsp3) is 0.909. The van der Waals surface area contributed by atoms with E-state index < -0.39 is 19.2 Å². The van der Waals surface area contributed by atoms with Crippen molar-refractivity contribution in [2.45, 2.75) is 130 Å². The first kappa shape index (κ1) is 33.1. The van der Waals surface area contributed by atoms with Crippen molar-refractivity contribution >= 4 is 13.6 Å². The molecule has 4 fully saturated rings. The molecule has 0 aliphatic heterocycles. The fourth-order valence-corrected chi connectivity index (χ4v) is 12.5. The Balaban J connectivity index is 1.16. The van der Waals surface area contributed by atoms with Crippen molar-refractivity contribution in [3.63, 3.8) is 0 Å². The monoisotopic (exact) mass is 621 g/mol. The van der Waals surface area contributed by atoms with Crippen LogP contribution in [0.5, 0.6) is 0 Å². The Morgan fingerprint density at radius 1 is 1.07 bits per heavy atom. The first-order chi connectivity index (χ1) is 20.4. The number of aryl methyl sites for hydroxylation is 1. The molecule has 244 valence electrons. The Kier molecular flexibility index (Phi) is 10.2. The van der Waals surface area contributed by atoms with Gasteiger partial charge in [-0.1, -0.05) is 26.0 Å². The Bertz CT molecular complexity index is 1150. The van der Waals surface area contributed by atoms with Crippen LogP contribution in [0, 0.1) is 46.3 Å². The van der Waals surface area contributed by atoms with Crippen LogP contribution in [0.25, 0.3) is 0 Å². The Morgan fingerprint density at radius 2 is 1.77 bits per heavy atom. The van der Waals surface area contributed by atoms with E-state index in [4.69, 9.17) is 9.05 Å². The molecule has 10 heteroatoms. The number of fused-ring (bicyclic) bond motifs is 5. The van der Waals surface area contributed by atoms with Gasteiger partial charge < -0.3 is 19.3 Å². The number of carbonyl (C=O) groups is 1. The molecular weight excluding hydrogens is 565 g/mol. The molecule has 43 heavy (non-hydrogen) atoms. The zero-order valence-corrected chi connectivity index (χ0v) is 28.0. The van der Waals surface area contributed by atoms with Crippen molar-refractivity contribution in [2.75, 3.05) is 13.2 Å². The lowest BCUT2D eigenvalue weighted by Gasteiger charge is -2.61. The molecule has 1 aromatic heterocycles. The maximum Gasteiger partial charge on any atom is 0.345 e. The van der Waals surface area contributed by atoms with Gasteiger partial charge in [-0.2, -0.15) is 0 Å². The van der Waals surface area contributed by atoms with E-state index in [0.717, 1.165) is 55.9 Å². The van der Waals surface area contributed by atoms with Crippen LogP contribution in [-0.4, -0.2) is 56.2 Å². The maximum absolute atomic E-state index is 13.1. The summed E-state index contributed by atoms with van der Waals surface area (Å²) in [6.45, 7) is 11.9. The zero-order valence-electron chi connectivity index (χ0n) is 27.1. The van der Waals surface area contributed by atoms with Crippen LogP contribution in [0.2, 0.25) is 0 Å². The number of carboxylic acids is 1. The molecule has 4 aliphatic carbocycles. The summed E-state index contributed by atoms with van der Waals surface area (Å²) in [5.74, 6) is 3.43. The lowest BCUT2D eigenvalue weighted by molar-refractivity contribution is -0.137. The summed E-state index contributed by atoms with van der Waals surface area (Å²) < 4.78 is 25.5. The molecular formula is C33H56N3O6P. The molecule has 0 saturated heterocycles. The summed E-state index contributed by atoms with van der Waals surface area (Å²) in [4.78, 5) is 12.0. The second-order valence-corrected chi connectivity index (χ2v) is 17.1. The summed E-state index contributed by atoms with van der Waals surface area (Å²) in [6.07, 6.45) is 15.1. The fourth-order valence-electron chi connectivity index (χ4n) is 10.6. The molecule has 0 aromatic carbocycles. The number of rotatable bonds is 13. The molecule has 4 saturated carbocycles. The van der Waals surface area contributed by atoms with E-state index in [2.05, 4.69) is 31.1 Å². The SMILES string of the molecule is CCOP(=O)(OCC)C(Cc1cn(CCCC(C)C2CC[C@H]3C4CC[C@@H]5C[C@H](O)CC[C@]5(C)[C@@H]4CC[C@]23C)nn1)C(=O)O. The first-order valence-corrected chi connectivity index (χ1v) is 18.7. The molecule has 5 rings (SSSR count). The number of aliphatic hydroxyl groups excluding tert-OH is 1. The molecule has 9 nitrogen and oxygen atoms in total.